The maximum Gasteiger partial charge on any atom is 0.273 e. The van der Waals surface area contributed by atoms with Crippen LogP contribution in [0.4, 0.5) is 11.5 Å². The second-order valence-corrected chi connectivity index (χ2v) is 5.68. The highest BCUT2D eigenvalue weighted by Gasteiger charge is 2.21. The summed E-state index contributed by atoms with van der Waals surface area (Å²) in [6.45, 7) is 1.50. The van der Waals surface area contributed by atoms with Crippen molar-refractivity contribution in [3.8, 4) is 6.07 Å². The number of sulfonamides is 1. The molecule has 1 N–H and O–H groups in total. The zero-order valence-corrected chi connectivity index (χ0v) is 11.4. The first kappa shape index (κ1) is 14.5. The van der Waals surface area contributed by atoms with E-state index in [9.17, 15) is 18.5 Å². The Bertz CT molecular complexity index is 850. The van der Waals surface area contributed by atoms with Gasteiger partial charge in [-0.3, -0.25) is 14.8 Å². The van der Waals surface area contributed by atoms with E-state index in [0.717, 1.165) is 12.1 Å². The van der Waals surface area contributed by atoms with Crippen molar-refractivity contribution in [3.05, 3.63) is 45.7 Å². The molecule has 1 aromatic carbocycles. The van der Waals surface area contributed by atoms with E-state index >= 15 is 0 Å². The molecule has 0 aliphatic carbocycles. The molecule has 0 aliphatic heterocycles. The molecule has 0 aliphatic rings. The molecule has 0 radical (unpaired) electrons. The van der Waals surface area contributed by atoms with Crippen molar-refractivity contribution in [1.82, 2.24) is 5.16 Å². The molecule has 0 bridgehead atoms. The summed E-state index contributed by atoms with van der Waals surface area (Å²) in [5, 5.41) is 22.7. The van der Waals surface area contributed by atoms with Gasteiger partial charge in [0.05, 0.1) is 9.82 Å². The summed E-state index contributed by atoms with van der Waals surface area (Å²) < 4.78 is 30.8. The van der Waals surface area contributed by atoms with E-state index in [-0.39, 0.29) is 22.2 Å². The van der Waals surface area contributed by atoms with Gasteiger partial charge in [-0.2, -0.15) is 5.26 Å². The van der Waals surface area contributed by atoms with Crippen LogP contribution in [0.2, 0.25) is 0 Å². The van der Waals surface area contributed by atoms with Crippen molar-refractivity contribution >= 4 is 21.5 Å². The normalized spacial score (nSPS) is 10.9. The summed E-state index contributed by atoms with van der Waals surface area (Å²) in [6.07, 6.45) is 0. The molecule has 9 nitrogen and oxygen atoms in total. The molecule has 0 unspecified atom stereocenters. The minimum atomic E-state index is -4.07. The summed E-state index contributed by atoms with van der Waals surface area (Å²) in [7, 11) is -4.07. The van der Waals surface area contributed by atoms with Crippen molar-refractivity contribution in [1.29, 1.82) is 5.26 Å². The van der Waals surface area contributed by atoms with Gasteiger partial charge >= 0.3 is 0 Å². The van der Waals surface area contributed by atoms with Crippen LogP contribution in [-0.2, 0) is 10.0 Å². The topological polar surface area (TPSA) is 139 Å². The number of nitriles is 1. The van der Waals surface area contributed by atoms with Crippen molar-refractivity contribution in [2.24, 2.45) is 0 Å². The number of aryl methyl sites for hydroxylation is 1. The standard InChI is InChI=1S/C11H8N4O5S/c1-7-2-3-9(5-10(7)15(16)17)21(18,19)14-11-4-8(6-12)20-13-11/h2-5H,1H3,(H,13,14). The third kappa shape index (κ3) is 2.98. The van der Waals surface area contributed by atoms with Crippen LogP contribution in [0.1, 0.15) is 11.3 Å². The quantitative estimate of drug-likeness (QED) is 0.667. The van der Waals surface area contributed by atoms with Crippen molar-refractivity contribution < 1.29 is 17.9 Å². The predicted molar refractivity (Wildman–Crippen MR) is 69.9 cm³/mol. The molecule has 0 fully saturated rings. The second-order valence-electron chi connectivity index (χ2n) is 4.00. The highest BCUT2D eigenvalue weighted by atomic mass is 32.2. The highest BCUT2D eigenvalue weighted by molar-refractivity contribution is 7.92. The molecule has 0 saturated carbocycles. The number of nitrogens with zero attached hydrogens (tertiary/aromatic N) is 3. The zero-order valence-electron chi connectivity index (χ0n) is 10.6. The van der Waals surface area contributed by atoms with Crippen LogP contribution in [0.15, 0.2) is 33.7 Å². The van der Waals surface area contributed by atoms with Gasteiger partial charge in [0.1, 0.15) is 6.07 Å². The Hall–Kier alpha value is -2.93. The molecule has 10 heteroatoms. The highest BCUT2D eigenvalue weighted by Crippen LogP contribution is 2.23. The Balaban J connectivity index is 2.38. The Labute approximate surface area is 119 Å². The molecule has 1 aromatic heterocycles. The van der Waals surface area contributed by atoms with E-state index in [1.165, 1.54) is 19.1 Å². The minimum absolute atomic E-state index is 0.164. The molecule has 0 atom stereocenters. The molecule has 0 saturated heterocycles. The lowest BCUT2D eigenvalue weighted by Gasteiger charge is -2.05. The van der Waals surface area contributed by atoms with Crippen LogP contribution >= 0.6 is 0 Å². The zero-order chi connectivity index (χ0) is 15.6. The van der Waals surface area contributed by atoms with Crippen LogP contribution in [-0.4, -0.2) is 18.5 Å². The first-order chi connectivity index (χ1) is 9.83. The van der Waals surface area contributed by atoms with Gasteiger partial charge in [-0.25, -0.2) is 8.42 Å². The Kier molecular flexibility index (Phi) is 3.60. The number of nitro groups is 1. The van der Waals surface area contributed by atoms with Gasteiger partial charge in [0.15, 0.2) is 5.82 Å². The van der Waals surface area contributed by atoms with E-state index in [2.05, 4.69) is 14.4 Å². The molecule has 1 heterocycles. The van der Waals surface area contributed by atoms with Crippen LogP contribution in [0.5, 0.6) is 0 Å². The first-order valence-corrected chi connectivity index (χ1v) is 6.96. The van der Waals surface area contributed by atoms with Crippen LogP contribution < -0.4 is 4.72 Å². The van der Waals surface area contributed by atoms with Crippen molar-refractivity contribution in [2.45, 2.75) is 11.8 Å². The predicted octanol–water partition coefficient (Wildman–Crippen LogP) is 1.56. The first-order valence-electron chi connectivity index (χ1n) is 5.48. The summed E-state index contributed by atoms with van der Waals surface area (Å²) in [5.74, 6) is -0.350. The molecule has 2 aromatic rings. The lowest BCUT2D eigenvalue weighted by molar-refractivity contribution is -0.385. The SMILES string of the molecule is Cc1ccc(S(=O)(=O)Nc2cc(C#N)on2)cc1[N+](=O)[O-]. The Morgan fingerprint density at radius 3 is 2.71 bits per heavy atom. The number of hydrogen-bond donors (Lipinski definition) is 1. The summed E-state index contributed by atoms with van der Waals surface area (Å²) in [6, 6.07) is 6.26. The van der Waals surface area contributed by atoms with E-state index in [4.69, 9.17) is 5.26 Å². The third-order valence-corrected chi connectivity index (χ3v) is 3.90. The third-order valence-electron chi connectivity index (χ3n) is 2.55. The van der Waals surface area contributed by atoms with Crippen molar-refractivity contribution in [3.63, 3.8) is 0 Å². The number of nitrogens with one attached hydrogen (secondary N) is 1. The van der Waals surface area contributed by atoms with Crippen LogP contribution in [0.3, 0.4) is 0 Å². The molecule has 108 valence electrons. The molecule has 0 spiro atoms. The molecular formula is C11H8N4O5S. The second kappa shape index (κ2) is 5.22. The Morgan fingerprint density at radius 2 is 2.14 bits per heavy atom. The van der Waals surface area contributed by atoms with E-state index < -0.39 is 14.9 Å². The van der Waals surface area contributed by atoms with Crippen LogP contribution in [0.25, 0.3) is 0 Å². The average molecular weight is 308 g/mol. The van der Waals surface area contributed by atoms with Gasteiger partial charge in [-0.15, -0.1) is 0 Å². The van der Waals surface area contributed by atoms with Crippen molar-refractivity contribution in [2.75, 3.05) is 4.72 Å². The summed E-state index contributed by atoms with van der Waals surface area (Å²) >= 11 is 0. The number of hydrogen-bond acceptors (Lipinski definition) is 7. The van der Waals surface area contributed by atoms with Gasteiger partial charge in [0.2, 0.25) is 5.76 Å². The van der Waals surface area contributed by atoms with Gasteiger partial charge in [0.25, 0.3) is 15.7 Å². The van der Waals surface area contributed by atoms with Crippen LogP contribution in [0, 0.1) is 28.4 Å². The minimum Gasteiger partial charge on any atom is -0.343 e. The van der Waals surface area contributed by atoms with Gasteiger partial charge in [0, 0.05) is 17.7 Å². The molecule has 21 heavy (non-hydrogen) atoms. The number of rotatable bonds is 4. The molecule has 0 amide bonds. The van der Waals surface area contributed by atoms with E-state index in [1.807, 2.05) is 0 Å². The molecule has 2 rings (SSSR count). The summed E-state index contributed by atoms with van der Waals surface area (Å²) in [4.78, 5) is 9.87. The maximum absolute atomic E-state index is 12.1. The lowest BCUT2D eigenvalue weighted by Crippen LogP contribution is -2.13. The smallest absolute Gasteiger partial charge is 0.273 e. The fraction of sp³-hybridized carbons (Fsp3) is 0.0909. The average Bonchev–Trinajstić information content (AvgIpc) is 2.85. The molecular weight excluding hydrogens is 300 g/mol. The van der Waals surface area contributed by atoms with Gasteiger partial charge < -0.3 is 4.52 Å². The number of nitro benzene ring substituents is 1. The maximum atomic E-state index is 12.1. The van der Waals surface area contributed by atoms with E-state index in [1.54, 1.807) is 6.07 Å². The number of benzene rings is 1. The summed E-state index contributed by atoms with van der Waals surface area (Å²) in [5.41, 5.74) is 0.0305. The van der Waals surface area contributed by atoms with Gasteiger partial charge in [-0.05, 0) is 13.0 Å². The fourth-order valence-electron chi connectivity index (χ4n) is 1.53. The monoisotopic (exact) mass is 308 g/mol. The van der Waals surface area contributed by atoms with Gasteiger partial charge in [-0.1, -0.05) is 11.2 Å². The van der Waals surface area contributed by atoms with E-state index in [0.29, 0.717) is 5.56 Å². The number of anilines is 1. The number of aromatic nitrogens is 1. The fourth-order valence-corrected chi connectivity index (χ4v) is 2.53. The largest absolute Gasteiger partial charge is 0.343 e. The Morgan fingerprint density at radius 1 is 1.43 bits per heavy atom. The lowest BCUT2D eigenvalue weighted by atomic mass is 10.2.